The highest BCUT2D eigenvalue weighted by atomic mass is 32.1. The highest BCUT2D eigenvalue weighted by molar-refractivity contribution is 7.22. The van der Waals surface area contributed by atoms with Crippen molar-refractivity contribution in [2.24, 2.45) is 11.7 Å². The number of nitrogens with zero attached hydrogens (tertiary/aromatic N) is 1. The number of hydrogen-bond acceptors (Lipinski definition) is 4. The first-order chi connectivity index (χ1) is 8.21. The van der Waals surface area contributed by atoms with Crippen molar-refractivity contribution < 1.29 is 0 Å². The molecule has 1 aliphatic rings. The Morgan fingerprint density at radius 2 is 2.24 bits per heavy atom. The number of anilines is 1. The van der Waals surface area contributed by atoms with E-state index in [1.54, 1.807) is 11.3 Å². The van der Waals surface area contributed by atoms with Crippen LogP contribution in [-0.4, -0.2) is 17.1 Å². The molecule has 3 rings (SSSR count). The Balaban J connectivity index is 1.88. The van der Waals surface area contributed by atoms with Crippen LogP contribution in [0.15, 0.2) is 24.3 Å². The average Bonchev–Trinajstić information content (AvgIpc) is 3.11. The van der Waals surface area contributed by atoms with Crippen LogP contribution in [0.4, 0.5) is 5.13 Å². The van der Waals surface area contributed by atoms with Crippen LogP contribution in [0.1, 0.15) is 19.8 Å². The van der Waals surface area contributed by atoms with Crippen LogP contribution in [-0.2, 0) is 0 Å². The number of aromatic nitrogens is 1. The highest BCUT2D eigenvalue weighted by Crippen LogP contribution is 2.41. The summed E-state index contributed by atoms with van der Waals surface area (Å²) in [4.78, 5) is 4.61. The maximum atomic E-state index is 5.90. The Morgan fingerprint density at radius 1 is 1.47 bits per heavy atom. The van der Waals surface area contributed by atoms with E-state index in [1.807, 2.05) is 18.2 Å². The molecule has 0 saturated heterocycles. The van der Waals surface area contributed by atoms with E-state index >= 15 is 0 Å². The predicted molar refractivity (Wildman–Crippen MR) is 73.4 cm³/mol. The second kappa shape index (κ2) is 3.96. The molecule has 1 aromatic heterocycles. The predicted octanol–water partition coefficient (Wildman–Crippen LogP) is 2.84. The Kier molecular flexibility index (Phi) is 2.56. The van der Waals surface area contributed by atoms with Crippen LogP contribution in [0.25, 0.3) is 10.2 Å². The number of para-hydroxylation sites is 1. The molecule has 0 radical (unpaired) electrons. The molecular weight excluding hydrogens is 230 g/mol. The molecule has 0 amide bonds. The zero-order valence-electron chi connectivity index (χ0n) is 9.94. The van der Waals surface area contributed by atoms with Gasteiger partial charge in [-0.1, -0.05) is 23.5 Å². The molecule has 1 saturated carbocycles. The summed E-state index contributed by atoms with van der Waals surface area (Å²) in [6, 6.07) is 8.23. The Morgan fingerprint density at radius 3 is 2.88 bits per heavy atom. The third-order valence-electron chi connectivity index (χ3n) is 3.59. The van der Waals surface area contributed by atoms with Gasteiger partial charge in [-0.3, -0.25) is 0 Å². The topological polar surface area (TPSA) is 50.9 Å². The van der Waals surface area contributed by atoms with Gasteiger partial charge >= 0.3 is 0 Å². The fourth-order valence-electron chi connectivity index (χ4n) is 2.21. The third kappa shape index (κ3) is 2.03. The third-order valence-corrected chi connectivity index (χ3v) is 4.54. The minimum Gasteiger partial charge on any atom is -0.355 e. The number of nitrogens with two attached hydrogens (primary N) is 1. The monoisotopic (exact) mass is 247 g/mol. The summed E-state index contributed by atoms with van der Waals surface area (Å²) >= 11 is 1.71. The molecule has 0 spiro atoms. The number of thiazole rings is 1. The number of benzene rings is 1. The van der Waals surface area contributed by atoms with E-state index in [0.717, 1.165) is 10.6 Å². The van der Waals surface area contributed by atoms with E-state index in [2.05, 4.69) is 23.3 Å². The van der Waals surface area contributed by atoms with Gasteiger partial charge in [0.15, 0.2) is 5.13 Å². The van der Waals surface area contributed by atoms with Crippen molar-refractivity contribution in [1.82, 2.24) is 4.98 Å². The minimum absolute atomic E-state index is 0.00781. The summed E-state index contributed by atoms with van der Waals surface area (Å²) in [6.07, 6.45) is 2.57. The normalized spacial score (nSPS) is 19.2. The fraction of sp³-hybridized carbons (Fsp3) is 0.462. The number of rotatable bonds is 4. The van der Waals surface area contributed by atoms with Crippen LogP contribution >= 0.6 is 11.3 Å². The fourth-order valence-corrected chi connectivity index (χ4v) is 3.21. The first-order valence-electron chi connectivity index (χ1n) is 6.05. The van der Waals surface area contributed by atoms with Crippen molar-refractivity contribution in [3.8, 4) is 0 Å². The Hall–Kier alpha value is -1.13. The minimum atomic E-state index is 0.00781. The molecule has 17 heavy (non-hydrogen) atoms. The lowest BCUT2D eigenvalue weighted by atomic mass is 9.96. The second-order valence-electron chi connectivity index (χ2n) is 5.01. The van der Waals surface area contributed by atoms with Gasteiger partial charge in [-0.2, -0.15) is 0 Å². The van der Waals surface area contributed by atoms with Crippen LogP contribution in [0.2, 0.25) is 0 Å². The van der Waals surface area contributed by atoms with E-state index in [1.165, 1.54) is 17.5 Å². The van der Waals surface area contributed by atoms with Gasteiger partial charge in [0, 0.05) is 6.54 Å². The molecule has 90 valence electrons. The van der Waals surface area contributed by atoms with Gasteiger partial charge in [0.2, 0.25) is 0 Å². The molecule has 4 heteroatoms. The molecular formula is C13H17N3S. The van der Waals surface area contributed by atoms with Gasteiger partial charge in [0.05, 0.1) is 15.8 Å². The van der Waals surface area contributed by atoms with Crippen molar-refractivity contribution in [2.45, 2.75) is 25.3 Å². The van der Waals surface area contributed by atoms with E-state index in [0.29, 0.717) is 12.5 Å². The number of hydrogen-bond donors (Lipinski definition) is 2. The van der Waals surface area contributed by atoms with Gasteiger partial charge < -0.3 is 11.1 Å². The van der Waals surface area contributed by atoms with E-state index in [9.17, 15) is 0 Å². The van der Waals surface area contributed by atoms with Crippen molar-refractivity contribution in [3.05, 3.63) is 24.3 Å². The van der Waals surface area contributed by atoms with Gasteiger partial charge in [-0.05, 0) is 37.8 Å². The molecule has 1 aromatic carbocycles. The summed E-state index contributed by atoms with van der Waals surface area (Å²) in [5.74, 6) is 0.708. The molecule has 0 aliphatic heterocycles. The lowest BCUT2D eigenvalue weighted by molar-refractivity contribution is 0.459. The number of fused-ring (bicyclic) bond motifs is 1. The maximum absolute atomic E-state index is 5.90. The van der Waals surface area contributed by atoms with E-state index in [4.69, 9.17) is 5.73 Å². The van der Waals surface area contributed by atoms with Crippen molar-refractivity contribution in [2.75, 3.05) is 11.9 Å². The molecule has 3 N–H and O–H groups in total. The van der Waals surface area contributed by atoms with Gasteiger partial charge in [-0.15, -0.1) is 0 Å². The molecule has 1 atom stereocenters. The van der Waals surface area contributed by atoms with Crippen LogP contribution in [0, 0.1) is 5.92 Å². The largest absolute Gasteiger partial charge is 0.355 e. The molecule has 1 heterocycles. The zero-order chi connectivity index (χ0) is 11.9. The summed E-state index contributed by atoms with van der Waals surface area (Å²) in [6.45, 7) is 2.87. The lowest BCUT2D eigenvalue weighted by Crippen LogP contribution is -2.44. The summed E-state index contributed by atoms with van der Waals surface area (Å²) in [5, 5.41) is 4.53. The second-order valence-corrected chi connectivity index (χ2v) is 6.04. The average molecular weight is 247 g/mol. The smallest absolute Gasteiger partial charge is 0.184 e. The van der Waals surface area contributed by atoms with Crippen LogP contribution in [0.5, 0.6) is 0 Å². The standard InChI is InChI=1S/C13H17N3S/c1-13(8-14,9-6-7-9)16-12-15-10-4-2-3-5-11(10)17-12/h2-5,9H,6-8,14H2,1H3,(H,15,16). The summed E-state index contributed by atoms with van der Waals surface area (Å²) in [7, 11) is 0. The molecule has 1 fully saturated rings. The first kappa shape index (κ1) is 11.0. The molecule has 1 aliphatic carbocycles. The number of nitrogens with one attached hydrogen (secondary N) is 1. The molecule has 3 nitrogen and oxygen atoms in total. The van der Waals surface area contributed by atoms with Gasteiger partial charge in [-0.25, -0.2) is 4.98 Å². The summed E-state index contributed by atoms with van der Waals surface area (Å²) in [5.41, 5.74) is 6.98. The summed E-state index contributed by atoms with van der Waals surface area (Å²) < 4.78 is 1.23. The maximum Gasteiger partial charge on any atom is 0.184 e. The lowest BCUT2D eigenvalue weighted by Gasteiger charge is -2.29. The molecule has 2 aromatic rings. The van der Waals surface area contributed by atoms with Crippen LogP contribution < -0.4 is 11.1 Å². The van der Waals surface area contributed by atoms with Crippen molar-refractivity contribution >= 4 is 26.7 Å². The Labute approximate surface area is 105 Å². The Bertz CT molecular complexity index is 499. The van der Waals surface area contributed by atoms with E-state index in [-0.39, 0.29) is 5.54 Å². The quantitative estimate of drug-likeness (QED) is 0.873. The van der Waals surface area contributed by atoms with Crippen LogP contribution in [0.3, 0.4) is 0 Å². The molecule has 1 unspecified atom stereocenters. The van der Waals surface area contributed by atoms with Crippen molar-refractivity contribution in [1.29, 1.82) is 0 Å². The highest BCUT2D eigenvalue weighted by Gasteiger charge is 2.40. The SMILES string of the molecule is CC(CN)(Nc1nc2ccccc2s1)C1CC1. The van der Waals surface area contributed by atoms with Gasteiger partial charge in [0.1, 0.15) is 0 Å². The zero-order valence-corrected chi connectivity index (χ0v) is 10.8. The first-order valence-corrected chi connectivity index (χ1v) is 6.87. The molecule has 0 bridgehead atoms. The van der Waals surface area contributed by atoms with E-state index < -0.39 is 0 Å². The van der Waals surface area contributed by atoms with Gasteiger partial charge in [0.25, 0.3) is 0 Å². The van der Waals surface area contributed by atoms with Crippen molar-refractivity contribution in [3.63, 3.8) is 0 Å².